The van der Waals surface area contributed by atoms with E-state index in [2.05, 4.69) is 5.32 Å². The van der Waals surface area contributed by atoms with Crippen LogP contribution in [-0.4, -0.2) is 12.2 Å². The molecule has 1 amide bonds. The van der Waals surface area contributed by atoms with Crippen molar-refractivity contribution in [1.82, 2.24) is 0 Å². The molecule has 3 rings (SSSR count). The van der Waals surface area contributed by atoms with E-state index in [1.165, 1.54) is 11.3 Å². The molecule has 0 aliphatic heterocycles. The van der Waals surface area contributed by atoms with Gasteiger partial charge in [0.25, 0.3) is 5.91 Å². The monoisotopic (exact) mass is 393 g/mol. The van der Waals surface area contributed by atoms with Crippen LogP contribution in [0.2, 0.25) is 10.0 Å². The highest BCUT2D eigenvalue weighted by Gasteiger charge is 2.18. The van der Waals surface area contributed by atoms with Gasteiger partial charge in [-0.15, -0.1) is 23.1 Å². The summed E-state index contributed by atoms with van der Waals surface area (Å²) in [6.45, 7) is 0. The second kappa shape index (κ2) is 7.62. The Bertz CT molecular complexity index is 858. The molecule has 0 radical (unpaired) electrons. The lowest BCUT2D eigenvalue weighted by molar-refractivity contribution is 0.103. The van der Waals surface area contributed by atoms with Crippen LogP contribution in [0.4, 0.5) is 5.69 Å². The summed E-state index contributed by atoms with van der Waals surface area (Å²) in [6, 6.07) is 16.6. The minimum atomic E-state index is -0.132. The van der Waals surface area contributed by atoms with Crippen LogP contribution in [0.1, 0.15) is 9.67 Å². The SMILES string of the molecule is CSc1cc(-c2ccc(Cl)cc2)c(C(=O)Nc2ccc(Cl)cc2)s1. The third-order valence-corrected chi connectivity index (χ3v) is 6.08. The van der Waals surface area contributed by atoms with E-state index in [0.29, 0.717) is 20.6 Å². The van der Waals surface area contributed by atoms with Crippen molar-refractivity contribution in [2.45, 2.75) is 4.21 Å². The number of anilines is 1. The van der Waals surface area contributed by atoms with Crippen LogP contribution in [0.15, 0.2) is 58.8 Å². The van der Waals surface area contributed by atoms with Crippen molar-refractivity contribution in [3.63, 3.8) is 0 Å². The van der Waals surface area contributed by atoms with E-state index >= 15 is 0 Å². The molecule has 0 unspecified atom stereocenters. The Hall–Kier alpha value is -1.46. The second-order valence-electron chi connectivity index (χ2n) is 4.98. The van der Waals surface area contributed by atoms with Gasteiger partial charge in [-0.25, -0.2) is 0 Å². The van der Waals surface area contributed by atoms with E-state index in [1.807, 2.05) is 36.6 Å². The third kappa shape index (κ3) is 3.95. The number of halogens is 2. The van der Waals surface area contributed by atoms with Crippen molar-refractivity contribution in [1.29, 1.82) is 0 Å². The van der Waals surface area contributed by atoms with Crippen molar-refractivity contribution < 1.29 is 4.79 Å². The van der Waals surface area contributed by atoms with Gasteiger partial charge in [-0.05, 0) is 54.3 Å². The summed E-state index contributed by atoms with van der Waals surface area (Å²) in [6.07, 6.45) is 2.00. The number of thioether (sulfide) groups is 1. The Morgan fingerprint density at radius 1 is 1.00 bits per heavy atom. The highest BCUT2D eigenvalue weighted by Crippen LogP contribution is 2.37. The van der Waals surface area contributed by atoms with Gasteiger partial charge in [0.05, 0.1) is 4.21 Å². The molecule has 2 nitrogen and oxygen atoms in total. The Morgan fingerprint density at radius 2 is 1.58 bits per heavy atom. The number of thiophene rings is 1. The van der Waals surface area contributed by atoms with Crippen molar-refractivity contribution in [3.8, 4) is 11.1 Å². The number of benzene rings is 2. The van der Waals surface area contributed by atoms with Crippen molar-refractivity contribution in [2.75, 3.05) is 11.6 Å². The maximum atomic E-state index is 12.7. The fourth-order valence-corrected chi connectivity index (χ4v) is 4.08. The number of carbonyl (C=O) groups is 1. The van der Waals surface area contributed by atoms with E-state index in [-0.39, 0.29) is 5.91 Å². The molecule has 0 atom stereocenters. The number of hydrogen-bond donors (Lipinski definition) is 1. The van der Waals surface area contributed by atoms with Crippen LogP contribution in [-0.2, 0) is 0 Å². The lowest BCUT2D eigenvalue weighted by Gasteiger charge is -2.06. The van der Waals surface area contributed by atoms with Crippen molar-refractivity contribution in [3.05, 3.63) is 69.5 Å². The zero-order chi connectivity index (χ0) is 17.1. The van der Waals surface area contributed by atoms with E-state index in [9.17, 15) is 4.79 Å². The quantitative estimate of drug-likeness (QED) is 0.499. The molecular weight excluding hydrogens is 381 g/mol. The van der Waals surface area contributed by atoms with Gasteiger partial charge in [-0.3, -0.25) is 4.79 Å². The zero-order valence-corrected chi connectivity index (χ0v) is 15.8. The number of carbonyl (C=O) groups excluding carboxylic acids is 1. The minimum absolute atomic E-state index is 0.132. The number of amides is 1. The summed E-state index contributed by atoms with van der Waals surface area (Å²) in [4.78, 5) is 13.4. The van der Waals surface area contributed by atoms with Gasteiger partial charge in [0, 0.05) is 21.3 Å². The average Bonchev–Trinajstić information content (AvgIpc) is 3.02. The molecule has 6 heteroatoms. The molecule has 0 fully saturated rings. The van der Waals surface area contributed by atoms with Gasteiger partial charge < -0.3 is 5.32 Å². The van der Waals surface area contributed by atoms with E-state index < -0.39 is 0 Å². The molecule has 24 heavy (non-hydrogen) atoms. The first-order valence-corrected chi connectivity index (χ1v) is 9.87. The average molecular weight is 394 g/mol. The smallest absolute Gasteiger partial charge is 0.266 e. The molecule has 1 aromatic heterocycles. The van der Waals surface area contributed by atoms with Gasteiger partial charge in [0.15, 0.2) is 0 Å². The van der Waals surface area contributed by atoms with Crippen LogP contribution >= 0.6 is 46.3 Å². The highest BCUT2D eigenvalue weighted by molar-refractivity contribution is 8.00. The molecule has 122 valence electrons. The Balaban J connectivity index is 1.94. The van der Waals surface area contributed by atoms with Crippen molar-refractivity contribution in [2.24, 2.45) is 0 Å². The van der Waals surface area contributed by atoms with Gasteiger partial charge in [-0.2, -0.15) is 0 Å². The van der Waals surface area contributed by atoms with Gasteiger partial charge >= 0.3 is 0 Å². The van der Waals surface area contributed by atoms with Crippen LogP contribution < -0.4 is 5.32 Å². The number of nitrogens with one attached hydrogen (secondary N) is 1. The summed E-state index contributed by atoms with van der Waals surface area (Å²) in [5.41, 5.74) is 2.59. The van der Waals surface area contributed by atoms with Gasteiger partial charge in [-0.1, -0.05) is 35.3 Å². The topological polar surface area (TPSA) is 29.1 Å². The van der Waals surface area contributed by atoms with Crippen molar-refractivity contribution >= 4 is 57.9 Å². The summed E-state index contributed by atoms with van der Waals surface area (Å²) in [5, 5.41) is 4.23. The first-order valence-electron chi connectivity index (χ1n) is 7.07. The third-order valence-electron chi connectivity index (χ3n) is 3.37. The molecule has 1 N–H and O–H groups in total. The molecular formula is C18H13Cl2NOS2. The zero-order valence-electron chi connectivity index (χ0n) is 12.7. The maximum Gasteiger partial charge on any atom is 0.266 e. The molecule has 0 aliphatic rings. The van der Waals surface area contributed by atoms with Crippen LogP contribution in [0.25, 0.3) is 11.1 Å². The summed E-state index contributed by atoms with van der Waals surface area (Å²) < 4.78 is 1.08. The summed E-state index contributed by atoms with van der Waals surface area (Å²) in [5.74, 6) is -0.132. The summed E-state index contributed by atoms with van der Waals surface area (Å²) >= 11 is 14.9. The first-order chi connectivity index (χ1) is 11.6. The van der Waals surface area contributed by atoms with Crippen LogP contribution in [0.5, 0.6) is 0 Å². The molecule has 0 saturated heterocycles. The summed E-state index contributed by atoms with van der Waals surface area (Å²) in [7, 11) is 0. The molecule has 1 heterocycles. The van der Waals surface area contributed by atoms with Crippen LogP contribution in [0, 0.1) is 0 Å². The first kappa shape index (κ1) is 17.4. The Kier molecular flexibility index (Phi) is 5.51. The molecule has 0 aliphatic carbocycles. The fourth-order valence-electron chi connectivity index (χ4n) is 2.20. The second-order valence-corrected chi connectivity index (χ2v) is 8.01. The molecule has 3 aromatic rings. The van der Waals surface area contributed by atoms with E-state index in [1.54, 1.807) is 36.0 Å². The maximum absolute atomic E-state index is 12.7. The molecule has 0 saturated carbocycles. The van der Waals surface area contributed by atoms with E-state index in [4.69, 9.17) is 23.2 Å². The minimum Gasteiger partial charge on any atom is -0.321 e. The van der Waals surface area contributed by atoms with Crippen LogP contribution in [0.3, 0.4) is 0 Å². The van der Waals surface area contributed by atoms with Gasteiger partial charge in [0.1, 0.15) is 4.88 Å². The largest absolute Gasteiger partial charge is 0.321 e. The molecule has 2 aromatic carbocycles. The fraction of sp³-hybridized carbons (Fsp3) is 0.0556. The predicted molar refractivity (Wildman–Crippen MR) is 106 cm³/mol. The highest BCUT2D eigenvalue weighted by atomic mass is 35.5. The normalized spacial score (nSPS) is 10.6. The lowest BCUT2D eigenvalue weighted by atomic mass is 10.1. The Morgan fingerprint density at radius 3 is 2.17 bits per heavy atom. The lowest BCUT2D eigenvalue weighted by Crippen LogP contribution is -2.11. The van der Waals surface area contributed by atoms with Gasteiger partial charge in [0.2, 0.25) is 0 Å². The Labute approximate surface area is 158 Å². The standard InChI is InChI=1S/C18H13Cl2NOS2/c1-23-16-10-15(11-2-4-12(19)5-3-11)17(24-16)18(22)21-14-8-6-13(20)7-9-14/h2-10H,1H3,(H,21,22). The number of hydrogen-bond acceptors (Lipinski definition) is 3. The predicted octanol–water partition coefficient (Wildman–Crippen LogP) is 6.70. The molecule has 0 spiro atoms. The number of rotatable bonds is 4. The molecule has 0 bridgehead atoms. The van der Waals surface area contributed by atoms with E-state index in [0.717, 1.165) is 15.3 Å².